The molecule has 1 aliphatic rings. The normalized spacial score (nSPS) is 16.0. The van der Waals surface area contributed by atoms with Gasteiger partial charge in [-0.3, -0.25) is 4.79 Å². The molecule has 1 aliphatic heterocycles. The highest BCUT2D eigenvalue weighted by molar-refractivity contribution is 5.97. The van der Waals surface area contributed by atoms with E-state index in [0.29, 0.717) is 6.42 Å². The van der Waals surface area contributed by atoms with Crippen LogP contribution in [0.5, 0.6) is 0 Å². The SMILES string of the molecule is CCC(CO)C(=O)N1CCc2ccccc21. The second-order valence-electron chi connectivity index (χ2n) is 4.16. The number of hydrogen-bond donors (Lipinski definition) is 1. The summed E-state index contributed by atoms with van der Waals surface area (Å²) in [4.78, 5) is 13.9. The average molecular weight is 219 g/mol. The van der Waals surface area contributed by atoms with Crippen molar-refractivity contribution >= 4 is 11.6 Å². The predicted octanol–water partition coefficient (Wildman–Crippen LogP) is 1.59. The molecule has 86 valence electrons. The van der Waals surface area contributed by atoms with E-state index >= 15 is 0 Å². The lowest BCUT2D eigenvalue weighted by atomic mass is 10.1. The average Bonchev–Trinajstić information content (AvgIpc) is 2.74. The number of rotatable bonds is 3. The monoisotopic (exact) mass is 219 g/mol. The van der Waals surface area contributed by atoms with Crippen molar-refractivity contribution in [2.24, 2.45) is 5.92 Å². The summed E-state index contributed by atoms with van der Waals surface area (Å²) in [7, 11) is 0. The highest BCUT2D eigenvalue weighted by Crippen LogP contribution is 2.28. The second-order valence-corrected chi connectivity index (χ2v) is 4.16. The Hall–Kier alpha value is -1.35. The van der Waals surface area contributed by atoms with Crippen LogP contribution >= 0.6 is 0 Å². The lowest BCUT2D eigenvalue weighted by Gasteiger charge is -2.21. The van der Waals surface area contributed by atoms with Gasteiger partial charge in [-0.2, -0.15) is 0 Å². The van der Waals surface area contributed by atoms with E-state index in [1.54, 1.807) is 4.90 Å². The Kier molecular flexibility index (Phi) is 3.25. The van der Waals surface area contributed by atoms with E-state index < -0.39 is 0 Å². The summed E-state index contributed by atoms with van der Waals surface area (Å²) in [5.41, 5.74) is 2.24. The topological polar surface area (TPSA) is 40.5 Å². The molecule has 0 bridgehead atoms. The number of para-hydroxylation sites is 1. The molecule has 2 rings (SSSR count). The zero-order chi connectivity index (χ0) is 11.5. The summed E-state index contributed by atoms with van der Waals surface area (Å²) in [6.07, 6.45) is 1.61. The van der Waals surface area contributed by atoms with Crippen LogP contribution in [0.3, 0.4) is 0 Å². The summed E-state index contributed by atoms with van der Waals surface area (Å²) in [5.74, 6) is -0.207. The van der Waals surface area contributed by atoms with Gasteiger partial charge in [-0.25, -0.2) is 0 Å². The number of hydrogen-bond acceptors (Lipinski definition) is 2. The van der Waals surface area contributed by atoms with Crippen LogP contribution in [-0.2, 0) is 11.2 Å². The summed E-state index contributed by atoms with van der Waals surface area (Å²) in [6, 6.07) is 7.98. The predicted molar refractivity (Wildman–Crippen MR) is 63.4 cm³/mol. The number of benzene rings is 1. The Morgan fingerprint density at radius 1 is 1.50 bits per heavy atom. The van der Waals surface area contributed by atoms with Crippen LogP contribution < -0.4 is 4.90 Å². The van der Waals surface area contributed by atoms with Crippen LogP contribution in [0.2, 0.25) is 0 Å². The number of anilines is 1. The molecular weight excluding hydrogens is 202 g/mol. The first-order valence-corrected chi connectivity index (χ1v) is 5.78. The molecule has 0 spiro atoms. The summed E-state index contributed by atoms with van der Waals surface area (Å²) < 4.78 is 0. The van der Waals surface area contributed by atoms with Crippen LogP contribution in [0.1, 0.15) is 18.9 Å². The minimum absolute atomic E-state index is 0.0509. The smallest absolute Gasteiger partial charge is 0.232 e. The van der Waals surface area contributed by atoms with Crippen molar-refractivity contribution in [2.75, 3.05) is 18.1 Å². The number of amides is 1. The Bertz CT molecular complexity index is 385. The van der Waals surface area contributed by atoms with Gasteiger partial charge in [0.2, 0.25) is 5.91 Å². The van der Waals surface area contributed by atoms with E-state index in [9.17, 15) is 4.79 Å². The van der Waals surface area contributed by atoms with Gasteiger partial charge in [0.05, 0.1) is 12.5 Å². The molecule has 1 atom stereocenters. The van der Waals surface area contributed by atoms with Gasteiger partial charge in [0, 0.05) is 12.2 Å². The van der Waals surface area contributed by atoms with Gasteiger partial charge < -0.3 is 10.0 Å². The van der Waals surface area contributed by atoms with Gasteiger partial charge in [0.15, 0.2) is 0 Å². The fourth-order valence-electron chi connectivity index (χ4n) is 2.17. The van der Waals surface area contributed by atoms with Crippen LogP contribution in [0, 0.1) is 5.92 Å². The number of aliphatic hydroxyl groups is 1. The molecule has 3 heteroatoms. The van der Waals surface area contributed by atoms with E-state index in [0.717, 1.165) is 18.7 Å². The molecule has 1 aromatic carbocycles. The van der Waals surface area contributed by atoms with E-state index in [4.69, 9.17) is 5.11 Å². The first-order chi connectivity index (χ1) is 7.77. The molecule has 0 saturated heterocycles. The Morgan fingerprint density at radius 2 is 2.25 bits per heavy atom. The lowest BCUT2D eigenvalue weighted by molar-refractivity contribution is -0.123. The van der Waals surface area contributed by atoms with Gasteiger partial charge in [0.25, 0.3) is 0 Å². The van der Waals surface area contributed by atoms with Gasteiger partial charge in [-0.1, -0.05) is 25.1 Å². The van der Waals surface area contributed by atoms with Crippen LogP contribution in [0.15, 0.2) is 24.3 Å². The van der Waals surface area contributed by atoms with Gasteiger partial charge in [-0.05, 0) is 24.5 Å². The molecule has 1 N–H and O–H groups in total. The van der Waals surface area contributed by atoms with Crippen molar-refractivity contribution < 1.29 is 9.90 Å². The minimum Gasteiger partial charge on any atom is -0.396 e. The molecule has 1 amide bonds. The van der Waals surface area contributed by atoms with Crippen molar-refractivity contribution in [3.05, 3.63) is 29.8 Å². The van der Waals surface area contributed by atoms with Crippen molar-refractivity contribution in [3.63, 3.8) is 0 Å². The molecule has 0 radical (unpaired) electrons. The Morgan fingerprint density at radius 3 is 2.94 bits per heavy atom. The standard InChI is InChI=1S/C13H17NO2/c1-2-10(9-15)13(16)14-8-7-11-5-3-4-6-12(11)14/h3-6,10,15H,2,7-9H2,1H3. The Balaban J connectivity index is 2.22. The minimum atomic E-state index is -0.258. The first kappa shape index (κ1) is 11.1. The molecule has 1 aromatic rings. The zero-order valence-corrected chi connectivity index (χ0v) is 9.52. The largest absolute Gasteiger partial charge is 0.396 e. The maximum absolute atomic E-state index is 12.1. The van der Waals surface area contributed by atoms with Crippen molar-refractivity contribution in [3.8, 4) is 0 Å². The van der Waals surface area contributed by atoms with Crippen LogP contribution in [0.25, 0.3) is 0 Å². The highest BCUT2D eigenvalue weighted by Gasteiger charge is 2.28. The molecule has 0 saturated carbocycles. The van der Waals surface area contributed by atoms with E-state index in [-0.39, 0.29) is 18.4 Å². The van der Waals surface area contributed by atoms with Crippen molar-refractivity contribution in [1.29, 1.82) is 0 Å². The number of aliphatic hydroxyl groups excluding tert-OH is 1. The van der Waals surface area contributed by atoms with Crippen LogP contribution in [0.4, 0.5) is 5.69 Å². The molecule has 16 heavy (non-hydrogen) atoms. The van der Waals surface area contributed by atoms with Crippen molar-refractivity contribution in [1.82, 2.24) is 0 Å². The Labute approximate surface area is 95.7 Å². The number of carbonyl (C=O) groups is 1. The summed E-state index contributed by atoms with van der Waals surface area (Å²) in [6.45, 7) is 2.61. The van der Waals surface area contributed by atoms with Gasteiger partial charge in [0.1, 0.15) is 0 Å². The quantitative estimate of drug-likeness (QED) is 0.838. The molecule has 0 aliphatic carbocycles. The maximum atomic E-state index is 12.1. The van der Waals surface area contributed by atoms with Crippen LogP contribution in [-0.4, -0.2) is 24.2 Å². The molecule has 0 aromatic heterocycles. The van der Waals surface area contributed by atoms with Gasteiger partial charge in [-0.15, -0.1) is 0 Å². The van der Waals surface area contributed by atoms with Gasteiger partial charge >= 0.3 is 0 Å². The fraction of sp³-hybridized carbons (Fsp3) is 0.462. The van der Waals surface area contributed by atoms with E-state index in [1.807, 2.05) is 25.1 Å². The fourth-order valence-corrected chi connectivity index (χ4v) is 2.17. The molecule has 1 unspecified atom stereocenters. The third-order valence-electron chi connectivity index (χ3n) is 3.22. The summed E-state index contributed by atoms with van der Waals surface area (Å²) >= 11 is 0. The third kappa shape index (κ3) is 1.83. The number of nitrogens with zero attached hydrogens (tertiary/aromatic N) is 1. The van der Waals surface area contributed by atoms with E-state index in [1.165, 1.54) is 5.56 Å². The third-order valence-corrected chi connectivity index (χ3v) is 3.22. The maximum Gasteiger partial charge on any atom is 0.232 e. The number of fused-ring (bicyclic) bond motifs is 1. The molecule has 0 fully saturated rings. The zero-order valence-electron chi connectivity index (χ0n) is 9.52. The second kappa shape index (κ2) is 4.66. The number of carbonyl (C=O) groups excluding carboxylic acids is 1. The molecular formula is C13H17NO2. The van der Waals surface area contributed by atoms with E-state index in [2.05, 4.69) is 6.07 Å². The van der Waals surface area contributed by atoms with Crippen molar-refractivity contribution in [2.45, 2.75) is 19.8 Å². The highest BCUT2D eigenvalue weighted by atomic mass is 16.3. The lowest BCUT2D eigenvalue weighted by Crippen LogP contribution is -2.36. The molecule has 1 heterocycles. The summed E-state index contributed by atoms with van der Waals surface area (Å²) in [5, 5.41) is 9.16. The molecule has 3 nitrogen and oxygen atoms in total. The first-order valence-electron chi connectivity index (χ1n) is 5.78.